The molecule has 80 valence electrons. The lowest BCUT2D eigenvalue weighted by Crippen LogP contribution is -2.52. The van der Waals surface area contributed by atoms with Crippen LogP contribution in [0.1, 0.15) is 27.7 Å². The minimum atomic E-state index is -1.82. The highest BCUT2D eigenvalue weighted by atomic mass is 35.5. The maximum Gasteiger partial charge on any atom is 0.469 e. The fourth-order valence-corrected chi connectivity index (χ4v) is 2.85. The molecule has 1 unspecified atom stereocenters. The molecule has 1 atom stereocenters. The van der Waals surface area contributed by atoms with Gasteiger partial charge in [-0.1, -0.05) is 0 Å². The SMILES string of the molecule is CO[N+](C(C)C)(C(C)C)P(O)OCl. The zero-order chi connectivity index (χ0) is 10.6. The number of nitrogens with zero attached hydrogens (tertiary/aromatic N) is 1. The van der Waals surface area contributed by atoms with Crippen molar-refractivity contribution in [3.05, 3.63) is 0 Å². The van der Waals surface area contributed by atoms with E-state index in [0.29, 0.717) is 0 Å². The molecule has 1 N–H and O–H groups in total. The second-order valence-electron chi connectivity index (χ2n) is 3.36. The van der Waals surface area contributed by atoms with Gasteiger partial charge in [0.1, 0.15) is 12.1 Å². The van der Waals surface area contributed by atoms with Gasteiger partial charge in [0, 0.05) is 0 Å². The third-order valence-electron chi connectivity index (χ3n) is 2.10. The standard InChI is InChI=1S/C7H18ClNO3P/c1-6(2)9(11-5,7(3)4)13(10)12-8/h6-7,10H,1-5H3/q+1. The molecule has 0 aliphatic heterocycles. The molecule has 0 heterocycles. The molecule has 0 aliphatic rings. The number of quaternary nitrogens is 1. The summed E-state index contributed by atoms with van der Waals surface area (Å²) in [5.41, 5.74) is 0. The van der Waals surface area contributed by atoms with Crippen molar-refractivity contribution in [1.29, 1.82) is 0 Å². The van der Waals surface area contributed by atoms with Crippen LogP contribution in [0.25, 0.3) is 0 Å². The molecular formula is C7H18ClNO3P+. The molecule has 0 spiro atoms. The Morgan fingerprint density at radius 2 is 1.62 bits per heavy atom. The summed E-state index contributed by atoms with van der Waals surface area (Å²) >= 11 is 5.19. The highest BCUT2D eigenvalue weighted by molar-refractivity contribution is 7.40. The van der Waals surface area contributed by atoms with Gasteiger partial charge in [-0.05, 0) is 27.7 Å². The van der Waals surface area contributed by atoms with E-state index < -0.39 is 8.53 Å². The van der Waals surface area contributed by atoms with Gasteiger partial charge in [0.2, 0.25) is 0 Å². The molecule has 0 aliphatic carbocycles. The van der Waals surface area contributed by atoms with Crippen LogP contribution in [-0.2, 0) is 8.91 Å². The molecule has 0 fully saturated rings. The average molecular weight is 231 g/mol. The summed E-state index contributed by atoms with van der Waals surface area (Å²) in [4.78, 5) is 15.0. The Morgan fingerprint density at radius 3 is 1.69 bits per heavy atom. The van der Waals surface area contributed by atoms with Crippen molar-refractivity contribution in [2.24, 2.45) is 0 Å². The maximum atomic E-state index is 9.67. The molecule has 0 saturated carbocycles. The Labute approximate surface area is 86.1 Å². The van der Waals surface area contributed by atoms with Crippen molar-refractivity contribution in [1.82, 2.24) is 0 Å². The van der Waals surface area contributed by atoms with Crippen molar-refractivity contribution in [3.8, 4) is 0 Å². The number of halogens is 1. The molecule has 0 radical (unpaired) electrons. The third kappa shape index (κ3) is 2.52. The van der Waals surface area contributed by atoms with Crippen LogP contribution in [0.3, 0.4) is 0 Å². The van der Waals surface area contributed by atoms with Crippen LogP contribution < -0.4 is 0 Å². The van der Waals surface area contributed by atoms with Crippen molar-refractivity contribution < 1.29 is 18.2 Å². The van der Waals surface area contributed by atoms with E-state index in [0.717, 1.165) is 0 Å². The van der Waals surface area contributed by atoms with Crippen LogP contribution in [0, 0.1) is 0 Å². The van der Waals surface area contributed by atoms with E-state index in [1.54, 1.807) is 7.11 Å². The lowest BCUT2D eigenvalue weighted by Gasteiger charge is -2.40. The summed E-state index contributed by atoms with van der Waals surface area (Å²) in [6, 6.07) is 0.166. The van der Waals surface area contributed by atoms with Crippen LogP contribution in [0.15, 0.2) is 0 Å². The van der Waals surface area contributed by atoms with Crippen LogP contribution in [-0.4, -0.2) is 28.5 Å². The average Bonchev–Trinajstić information content (AvgIpc) is 2.04. The highest BCUT2D eigenvalue weighted by Gasteiger charge is 2.47. The van der Waals surface area contributed by atoms with E-state index in [2.05, 4.69) is 4.08 Å². The predicted molar refractivity (Wildman–Crippen MR) is 53.6 cm³/mol. The van der Waals surface area contributed by atoms with E-state index >= 15 is 0 Å². The molecule has 4 nitrogen and oxygen atoms in total. The number of hydroxylamine groups is 2. The van der Waals surface area contributed by atoms with Crippen molar-refractivity contribution in [2.75, 3.05) is 7.11 Å². The molecule has 6 heteroatoms. The van der Waals surface area contributed by atoms with Gasteiger partial charge in [-0.2, -0.15) is 4.08 Å². The molecule has 0 saturated heterocycles. The summed E-state index contributed by atoms with van der Waals surface area (Å²) in [7, 11) is -0.281. The van der Waals surface area contributed by atoms with E-state index in [9.17, 15) is 4.89 Å². The topological polar surface area (TPSA) is 38.7 Å². The minimum absolute atomic E-state index is 0.0266. The fourth-order valence-electron chi connectivity index (χ4n) is 1.53. The molecular weight excluding hydrogens is 213 g/mol. The summed E-state index contributed by atoms with van der Waals surface area (Å²) in [6.07, 6.45) is 0. The van der Waals surface area contributed by atoms with E-state index in [1.807, 2.05) is 27.7 Å². The first-order valence-corrected chi connectivity index (χ1v) is 5.63. The monoisotopic (exact) mass is 230 g/mol. The Kier molecular flexibility index (Phi) is 5.68. The van der Waals surface area contributed by atoms with Gasteiger partial charge in [0.05, 0.1) is 19.0 Å². The zero-order valence-electron chi connectivity index (χ0n) is 8.69. The maximum absolute atomic E-state index is 9.67. The number of hydrogen-bond donors (Lipinski definition) is 1. The molecule has 0 aromatic heterocycles. The third-order valence-corrected chi connectivity index (χ3v) is 4.22. The Balaban J connectivity index is 4.86. The predicted octanol–water partition coefficient (Wildman–Crippen LogP) is 2.57. The van der Waals surface area contributed by atoms with Crippen molar-refractivity contribution in [2.45, 2.75) is 39.8 Å². The number of hydrogen-bond acceptors (Lipinski definition) is 3. The Morgan fingerprint density at radius 1 is 1.23 bits per heavy atom. The van der Waals surface area contributed by atoms with Crippen LogP contribution in [0.2, 0.25) is 0 Å². The summed E-state index contributed by atoms with van der Waals surface area (Å²) < 4.78 is 4.50. The smallest absolute Gasteiger partial charge is 0.300 e. The van der Waals surface area contributed by atoms with Gasteiger partial charge in [-0.25, -0.2) is 4.84 Å². The first-order valence-electron chi connectivity index (χ1n) is 4.15. The molecule has 0 amide bonds. The fraction of sp³-hybridized carbons (Fsp3) is 1.00. The van der Waals surface area contributed by atoms with Crippen LogP contribution in [0.5, 0.6) is 0 Å². The highest BCUT2D eigenvalue weighted by Crippen LogP contribution is 2.50. The van der Waals surface area contributed by atoms with Gasteiger partial charge in [0.15, 0.2) is 0 Å². The lowest BCUT2D eigenvalue weighted by atomic mass is 10.3. The largest absolute Gasteiger partial charge is 0.469 e. The van der Waals surface area contributed by atoms with E-state index in [1.165, 1.54) is 0 Å². The Bertz CT molecular complexity index is 149. The van der Waals surface area contributed by atoms with E-state index in [4.69, 9.17) is 16.7 Å². The molecule has 0 aromatic rings. The summed E-state index contributed by atoms with van der Waals surface area (Å²) in [6.45, 7) is 7.80. The van der Waals surface area contributed by atoms with Crippen molar-refractivity contribution in [3.63, 3.8) is 0 Å². The molecule has 0 bridgehead atoms. The van der Waals surface area contributed by atoms with Gasteiger partial charge in [0.25, 0.3) is 0 Å². The first-order chi connectivity index (χ1) is 5.93. The zero-order valence-corrected chi connectivity index (χ0v) is 10.3. The molecule has 13 heavy (non-hydrogen) atoms. The second kappa shape index (κ2) is 5.44. The molecule has 0 rings (SSSR count). The first kappa shape index (κ1) is 13.6. The normalized spacial score (nSPS) is 15.5. The van der Waals surface area contributed by atoms with Crippen molar-refractivity contribution >= 4 is 20.4 Å². The Hall–Kier alpha value is 0.560. The number of rotatable bonds is 5. The second-order valence-corrected chi connectivity index (χ2v) is 5.05. The lowest BCUT2D eigenvalue weighted by molar-refractivity contribution is -1.04. The van der Waals surface area contributed by atoms with Gasteiger partial charge in [-0.3, -0.25) is 4.89 Å². The quantitative estimate of drug-likeness (QED) is 0.583. The summed E-state index contributed by atoms with van der Waals surface area (Å²) in [5, 5.41) is 0. The van der Waals surface area contributed by atoms with Gasteiger partial charge >= 0.3 is 8.53 Å². The van der Waals surface area contributed by atoms with E-state index in [-0.39, 0.29) is 16.5 Å². The molecule has 0 aromatic carbocycles. The minimum Gasteiger partial charge on any atom is -0.300 e. The van der Waals surface area contributed by atoms with Gasteiger partial charge < -0.3 is 0 Å². The van der Waals surface area contributed by atoms with Gasteiger partial charge in [-0.15, -0.1) is 4.42 Å². The summed E-state index contributed by atoms with van der Waals surface area (Å²) in [5.74, 6) is 0. The van der Waals surface area contributed by atoms with Crippen LogP contribution >= 0.6 is 20.4 Å². The van der Waals surface area contributed by atoms with Crippen LogP contribution in [0.4, 0.5) is 0 Å².